The number of nitrogens with one attached hydrogen (secondary N) is 1. The predicted octanol–water partition coefficient (Wildman–Crippen LogP) is 4.45. The zero-order valence-corrected chi connectivity index (χ0v) is 12.7. The summed E-state index contributed by atoms with van der Waals surface area (Å²) in [4.78, 5) is 4.45. The van der Waals surface area contributed by atoms with E-state index in [1.165, 1.54) is 0 Å². The van der Waals surface area contributed by atoms with E-state index in [0.29, 0.717) is 16.7 Å². The average molecular weight is 323 g/mol. The lowest BCUT2D eigenvalue weighted by Crippen LogP contribution is -1.83. The van der Waals surface area contributed by atoms with Crippen LogP contribution < -0.4 is 0 Å². The molecule has 0 aliphatic rings. The number of aromatic nitrogens is 4. The summed E-state index contributed by atoms with van der Waals surface area (Å²) in [5.74, 6) is 0.898. The van der Waals surface area contributed by atoms with Crippen molar-refractivity contribution in [3.63, 3.8) is 0 Å². The van der Waals surface area contributed by atoms with Gasteiger partial charge in [-0.2, -0.15) is 10.1 Å². The van der Waals surface area contributed by atoms with Crippen LogP contribution in [-0.4, -0.2) is 20.3 Å². The van der Waals surface area contributed by atoms with Gasteiger partial charge in [-0.15, -0.1) is 0 Å². The Morgan fingerprint density at radius 1 is 0.957 bits per heavy atom. The maximum absolute atomic E-state index is 6.01. The van der Waals surface area contributed by atoms with E-state index in [0.717, 1.165) is 22.4 Å². The summed E-state index contributed by atoms with van der Waals surface area (Å²) in [6, 6.07) is 17.2. The highest BCUT2D eigenvalue weighted by atomic mass is 35.5. The van der Waals surface area contributed by atoms with E-state index in [1.807, 2.05) is 42.5 Å². The molecule has 5 nitrogen and oxygen atoms in total. The highest BCUT2D eigenvalue weighted by molar-refractivity contribution is 6.30. The van der Waals surface area contributed by atoms with Crippen molar-refractivity contribution in [2.75, 3.05) is 0 Å². The van der Waals surface area contributed by atoms with E-state index in [-0.39, 0.29) is 0 Å². The van der Waals surface area contributed by atoms with Crippen molar-refractivity contribution in [3.05, 3.63) is 65.8 Å². The minimum Gasteiger partial charge on any atom is -0.333 e. The number of aromatic amines is 1. The van der Waals surface area contributed by atoms with Gasteiger partial charge in [-0.05, 0) is 12.1 Å². The first-order valence-corrected chi connectivity index (χ1v) is 7.38. The molecule has 0 unspecified atom stereocenters. The molecule has 0 radical (unpaired) electrons. The van der Waals surface area contributed by atoms with Crippen LogP contribution in [0.5, 0.6) is 0 Å². The highest BCUT2D eigenvalue weighted by Crippen LogP contribution is 2.30. The van der Waals surface area contributed by atoms with Crippen LogP contribution in [-0.2, 0) is 0 Å². The summed E-state index contributed by atoms with van der Waals surface area (Å²) in [6.45, 7) is 0. The highest BCUT2D eigenvalue weighted by Gasteiger charge is 2.17. The number of hydrogen-bond acceptors (Lipinski definition) is 4. The minimum atomic E-state index is 0.410. The van der Waals surface area contributed by atoms with Crippen molar-refractivity contribution in [1.82, 2.24) is 20.3 Å². The second-order valence-electron chi connectivity index (χ2n) is 4.96. The molecular formula is C17H11ClN4O. The summed E-state index contributed by atoms with van der Waals surface area (Å²) in [5, 5.41) is 11.7. The van der Waals surface area contributed by atoms with Crippen LogP contribution in [0.1, 0.15) is 0 Å². The van der Waals surface area contributed by atoms with Gasteiger partial charge in [0.1, 0.15) is 0 Å². The maximum atomic E-state index is 6.01. The van der Waals surface area contributed by atoms with E-state index in [1.54, 1.807) is 18.3 Å². The lowest BCUT2D eigenvalue weighted by molar-refractivity contribution is 0.432. The van der Waals surface area contributed by atoms with Crippen LogP contribution in [0.4, 0.5) is 0 Å². The zero-order valence-electron chi connectivity index (χ0n) is 11.9. The van der Waals surface area contributed by atoms with E-state index < -0.39 is 0 Å². The van der Waals surface area contributed by atoms with Crippen LogP contribution in [0.2, 0.25) is 5.02 Å². The average Bonchev–Trinajstić information content (AvgIpc) is 3.25. The first-order chi connectivity index (χ1) is 11.3. The Kier molecular flexibility index (Phi) is 3.40. The molecule has 0 spiro atoms. The van der Waals surface area contributed by atoms with Gasteiger partial charge in [-0.1, -0.05) is 59.2 Å². The van der Waals surface area contributed by atoms with E-state index in [9.17, 15) is 0 Å². The number of halogens is 1. The maximum Gasteiger partial charge on any atom is 0.262 e. The smallest absolute Gasteiger partial charge is 0.262 e. The molecule has 0 amide bonds. The second-order valence-corrected chi connectivity index (χ2v) is 5.39. The molecule has 2 aromatic carbocycles. The Hall–Kier alpha value is -2.92. The lowest BCUT2D eigenvalue weighted by atomic mass is 10.1. The topological polar surface area (TPSA) is 67.6 Å². The number of hydrogen-bond donors (Lipinski definition) is 1. The zero-order chi connectivity index (χ0) is 15.6. The third-order valence-electron chi connectivity index (χ3n) is 3.44. The second kappa shape index (κ2) is 5.70. The molecule has 4 rings (SSSR count). The van der Waals surface area contributed by atoms with Crippen molar-refractivity contribution in [3.8, 4) is 34.1 Å². The van der Waals surface area contributed by atoms with E-state index >= 15 is 0 Å². The summed E-state index contributed by atoms with van der Waals surface area (Å²) in [7, 11) is 0. The molecule has 0 aliphatic carbocycles. The van der Waals surface area contributed by atoms with Crippen molar-refractivity contribution in [1.29, 1.82) is 0 Å². The largest absolute Gasteiger partial charge is 0.333 e. The summed E-state index contributed by atoms with van der Waals surface area (Å²) in [6.07, 6.45) is 1.68. The molecular weight excluding hydrogens is 312 g/mol. The fourth-order valence-electron chi connectivity index (χ4n) is 2.35. The van der Waals surface area contributed by atoms with Crippen molar-refractivity contribution >= 4 is 11.6 Å². The Morgan fingerprint density at radius 3 is 2.61 bits per heavy atom. The number of rotatable bonds is 3. The lowest BCUT2D eigenvalue weighted by Gasteiger charge is -1.98. The van der Waals surface area contributed by atoms with Gasteiger partial charge in [0.15, 0.2) is 0 Å². The van der Waals surface area contributed by atoms with Crippen molar-refractivity contribution in [2.45, 2.75) is 0 Å². The molecule has 112 valence electrons. The van der Waals surface area contributed by atoms with Gasteiger partial charge in [0.05, 0.1) is 17.5 Å². The molecule has 6 heteroatoms. The molecule has 0 saturated carbocycles. The van der Waals surface area contributed by atoms with Gasteiger partial charge < -0.3 is 4.52 Å². The number of benzene rings is 2. The normalized spacial score (nSPS) is 10.8. The SMILES string of the molecule is Clc1cccc(-c2noc(-c3cn[nH]c3-c3ccccc3)n2)c1. The molecule has 0 fully saturated rings. The summed E-state index contributed by atoms with van der Waals surface area (Å²) >= 11 is 6.01. The molecule has 4 aromatic rings. The van der Waals surface area contributed by atoms with E-state index in [4.69, 9.17) is 16.1 Å². The molecule has 1 N–H and O–H groups in total. The fraction of sp³-hybridized carbons (Fsp3) is 0. The van der Waals surface area contributed by atoms with Crippen LogP contribution >= 0.6 is 11.6 Å². The Bertz CT molecular complexity index is 946. The van der Waals surface area contributed by atoms with Crippen molar-refractivity contribution in [2.24, 2.45) is 0 Å². The monoisotopic (exact) mass is 322 g/mol. The van der Waals surface area contributed by atoms with Crippen LogP contribution in [0.25, 0.3) is 34.1 Å². The van der Waals surface area contributed by atoms with Gasteiger partial charge in [0.25, 0.3) is 5.89 Å². The number of H-pyrrole nitrogens is 1. The van der Waals surface area contributed by atoms with Gasteiger partial charge in [0, 0.05) is 16.1 Å². The van der Waals surface area contributed by atoms with Crippen LogP contribution in [0, 0.1) is 0 Å². The fourth-order valence-corrected chi connectivity index (χ4v) is 2.54. The first-order valence-electron chi connectivity index (χ1n) is 7.00. The van der Waals surface area contributed by atoms with Crippen LogP contribution in [0.15, 0.2) is 65.3 Å². The quantitative estimate of drug-likeness (QED) is 0.605. The van der Waals surface area contributed by atoms with Crippen LogP contribution in [0.3, 0.4) is 0 Å². The first kappa shape index (κ1) is 13.7. The van der Waals surface area contributed by atoms with Gasteiger partial charge in [-0.3, -0.25) is 5.10 Å². The Balaban J connectivity index is 1.75. The van der Waals surface area contributed by atoms with E-state index in [2.05, 4.69) is 20.3 Å². The van der Waals surface area contributed by atoms with Gasteiger partial charge >= 0.3 is 0 Å². The summed E-state index contributed by atoms with van der Waals surface area (Å²) < 4.78 is 5.40. The van der Waals surface area contributed by atoms with Crippen molar-refractivity contribution < 1.29 is 4.52 Å². The van der Waals surface area contributed by atoms with Gasteiger partial charge in [0.2, 0.25) is 5.82 Å². The molecule has 2 heterocycles. The Labute approximate surface area is 136 Å². The Morgan fingerprint density at radius 2 is 1.78 bits per heavy atom. The third-order valence-corrected chi connectivity index (χ3v) is 3.68. The number of nitrogens with zero attached hydrogens (tertiary/aromatic N) is 3. The molecule has 23 heavy (non-hydrogen) atoms. The molecule has 0 saturated heterocycles. The molecule has 2 aromatic heterocycles. The molecule has 0 aliphatic heterocycles. The minimum absolute atomic E-state index is 0.410. The standard InChI is InChI=1S/C17H11ClN4O/c18-13-8-4-7-12(9-13)16-20-17(23-22-16)14-10-19-21-15(14)11-5-2-1-3-6-11/h1-10H,(H,19,21). The molecule has 0 atom stereocenters. The van der Waals surface area contributed by atoms with Gasteiger partial charge in [-0.25, -0.2) is 0 Å². The third kappa shape index (κ3) is 2.62. The molecule has 0 bridgehead atoms. The predicted molar refractivity (Wildman–Crippen MR) is 87.8 cm³/mol. The summed E-state index contributed by atoms with van der Waals surface area (Å²) in [5.41, 5.74) is 3.41.